The molecule has 30 heavy (non-hydrogen) atoms. The summed E-state index contributed by atoms with van der Waals surface area (Å²) >= 11 is 0.735. The Kier molecular flexibility index (Phi) is 7.78. The molecule has 0 aliphatic heterocycles. The Hall–Kier alpha value is -2.94. The van der Waals surface area contributed by atoms with Gasteiger partial charge < -0.3 is 31.3 Å². The van der Waals surface area contributed by atoms with Gasteiger partial charge in [0, 0.05) is 29.1 Å². The monoisotopic (exact) mass is 436 g/mol. The highest BCUT2D eigenvalue weighted by atomic mass is 32.2. The Morgan fingerprint density at radius 3 is 2.20 bits per heavy atom. The number of phenolic OH excluding ortho intramolecular Hbond substituents is 1. The summed E-state index contributed by atoms with van der Waals surface area (Å²) in [4.78, 5) is 13.2. The van der Waals surface area contributed by atoms with Crippen LogP contribution in [0, 0.1) is 0 Å². The summed E-state index contributed by atoms with van der Waals surface area (Å²) in [6.07, 6.45) is 0. The number of phenols is 1. The third kappa shape index (κ3) is 5.79. The quantitative estimate of drug-likeness (QED) is 0.132. The number of fused-ring (bicyclic) bond motifs is 1. The molecule has 0 spiro atoms. The molecule has 13 heteroatoms. The molecule has 7 N–H and O–H groups in total. The summed E-state index contributed by atoms with van der Waals surface area (Å²) in [7, 11) is 0. The predicted octanol–water partition coefficient (Wildman–Crippen LogP) is 1.71. The Morgan fingerprint density at radius 2 is 1.57 bits per heavy atom. The topological polar surface area (TPSA) is 174 Å². The van der Waals surface area contributed by atoms with Crippen LogP contribution in [0.5, 0.6) is 5.75 Å². The number of aliphatic hydroxyl groups is 2. The molecule has 0 bridgehead atoms. The zero-order chi connectivity index (χ0) is 21.3. The molecule has 0 atom stereocenters. The largest absolute Gasteiger partial charge is 0.507 e. The van der Waals surface area contributed by atoms with E-state index in [9.17, 15) is 5.11 Å². The van der Waals surface area contributed by atoms with Crippen LogP contribution >= 0.6 is 12.0 Å². The maximum atomic E-state index is 10.2. The number of anilines is 4. The molecule has 160 valence electrons. The average molecular weight is 436 g/mol. The number of nitrogens with one attached hydrogen (secondary N) is 3. The van der Waals surface area contributed by atoms with Crippen LogP contribution in [0.15, 0.2) is 35.2 Å². The van der Waals surface area contributed by atoms with Crippen molar-refractivity contribution < 1.29 is 29.9 Å². The van der Waals surface area contributed by atoms with Crippen LogP contribution in [0.25, 0.3) is 10.8 Å². The molecule has 1 heterocycles. The molecule has 2 aromatic carbocycles. The lowest BCUT2D eigenvalue weighted by molar-refractivity contribution is -0.432. The van der Waals surface area contributed by atoms with Gasteiger partial charge in [-0.3, -0.25) is 0 Å². The summed E-state index contributed by atoms with van der Waals surface area (Å²) in [6, 6.07) is 8.45. The maximum absolute atomic E-state index is 10.2. The molecule has 0 fully saturated rings. The highest BCUT2D eigenvalue weighted by molar-refractivity contribution is 7.94. The van der Waals surface area contributed by atoms with Crippen LogP contribution in [0.4, 0.5) is 23.5 Å². The van der Waals surface area contributed by atoms with Gasteiger partial charge in [-0.05, 0) is 35.7 Å². The molecule has 0 saturated heterocycles. The second-order valence-corrected chi connectivity index (χ2v) is 6.61. The van der Waals surface area contributed by atoms with Crippen molar-refractivity contribution in [3.8, 4) is 5.75 Å². The number of aliphatic hydroxyl groups excluding tert-OH is 2. The number of hydrogen-bond donors (Lipinski definition) is 7. The standard InChI is InChI=1S/C17H20N6O6S/c24-5-3-18-15-21-16(19-4-6-25)23-17(22-15)20-11-1-2-13-10(7-11)8-12(9-14(13)26)30-29-28-27/h1-2,7-9,24-27H,3-6H2,(H3,18,19,20,21,22,23). The first-order chi connectivity index (χ1) is 14.6. The lowest BCUT2D eigenvalue weighted by Gasteiger charge is -2.11. The SMILES string of the molecule is OCCNc1nc(NCCO)nc(Nc2ccc3c(O)cc(SOOO)cc3c2)n1. The Morgan fingerprint density at radius 1 is 0.900 bits per heavy atom. The van der Waals surface area contributed by atoms with E-state index in [0.717, 1.165) is 12.0 Å². The van der Waals surface area contributed by atoms with Crippen LogP contribution in [0.1, 0.15) is 0 Å². The van der Waals surface area contributed by atoms with Crippen LogP contribution in [-0.4, -0.2) is 61.8 Å². The third-order valence-corrected chi connectivity index (χ3v) is 4.30. The van der Waals surface area contributed by atoms with Gasteiger partial charge in [-0.1, -0.05) is 5.04 Å². The van der Waals surface area contributed by atoms with E-state index >= 15 is 0 Å². The molecule has 0 radical (unpaired) electrons. The average Bonchev–Trinajstić information content (AvgIpc) is 2.74. The Balaban J connectivity index is 1.88. The van der Waals surface area contributed by atoms with E-state index in [4.69, 9.17) is 15.5 Å². The van der Waals surface area contributed by atoms with Gasteiger partial charge in [0.15, 0.2) is 0 Å². The lowest BCUT2D eigenvalue weighted by Crippen LogP contribution is -2.14. The van der Waals surface area contributed by atoms with E-state index < -0.39 is 0 Å². The molecule has 0 aliphatic carbocycles. The number of rotatable bonds is 11. The molecule has 0 unspecified atom stereocenters. The Labute approximate surface area is 175 Å². The molecule has 0 aliphatic rings. The van der Waals surface area contributed by atoms with Crippen molar-refractivity contribution in [3.63, 3.8) is 0 Å². The van der Waals surface area contributed by atoms with Gasteiger partial charge in [0.2, 0.25) is 17.8 Å². The first-order valence-corrected chi connectivity index (χ1v) is 9.51. The molecule has 0 amide bonds. The van der Waals surface area contributed by atoms with E-state index in [-0.39, 0.29) is 49.9 Å². The zero-order valence-electron chi connectivity index (χ0n) is 15.6. The predicted molar refractivity (Wildman–Crippen MR) is 111 cm³/mol. The lowest BCUT2D eigenvalue weighted by atomic mass is 10.1. The van der Waals surface area contributed by atoms with Gasteiger partial charge in [-0.15, -0.1) is 4.33 Å². The van der Waals surface area contributed by atoms with Crippen molar-refractivity contribution in [1.29, 1.82) is 0 Å². The fourth-order valence-electron chi connectivity index (χ4n) is 2.56. The number of hydrogen-bond acceptors (Lipinski definition) is 13. The minimum atomic E-state index is -0.0899. The van der Waals surface area contributed by atoms with Gasteiger partial charge in [-0.2, -0.15) is 15.0 Å². The fourth-order valence-corrected chi connectivity index (χ4v) is 3.00. The molecule has 3 rings (SSSR count). The van der Waals surface area contributed by atoms with Crippen LogP contribution in [0.2, 0.25) is 0 Å². The van der Waals surface area contributed by atoms with E-state index in [1.807, 2.05) is 0 Å². The van der Waals surface area contributed by atoms with Crippen LogP contribution < -0.4 is 16.0 Å². The number of nitrogens with zero attached hydrogens (tertiary/aromatic N) is 3. The van der Waals surface area contributed by atoms with E-state index in [1.165, 1.54) is 6.07 Å². The maximum Gasteiger partial charge on any atom is 0.233 e. The summed E-state index contributed by atoms with van der Waals surface area (Å²) in [6.45, 7) is 0.344. The minimum absolute atomic E-state index is 0.0363. The summed E-state index contributed by atoms with van der Waals surface area (Å²) in [5, 5.41) is 50.1. The van der Waals surface area contributed by atoms with E-state index in [2.05, 4.69) is 40.3 Å². The second kappa shape index (κ2) is 10.7. The van der Waals surface area contributed by atoms with Crippen molar-refractivity contribution >= 4 is 46.3 Å². The van der Waals surface area contributed by atoms with Gasteiger partial charge in [0.05, 0.1) is 25.3 Å². The van der Waals surface area contributed by atoms with E-state index in [0.29, 0.717) is 21.4 Å². The summed E-state index contributed by atoms with van der Waals surface area (Å²) in [5.74, 6) is 0.770. The molecule has 0 saturated carbocycles. The van der Waals surface area contributed by atoms with E-state index in [1.54, 1.807) is 24.3 Å². The number of aromatic nitrogens is 3. The first kappa shape index (κ1) is 21.8. The van der Waals surface area contributed by atoms with Crippen molar-refractivity contribution in [2.45, 2.75) is 4.90 Å². The van der Waals surface area contributed by atoms with Crippen molar-refractivity contribution in [1.82, 2.24) is 15.0 Å². The second-order valence-electron chi connectivity index (χ2n) is 5.84. The number of aromatic hydroxyl groups is 1. The molecular formula is C17H20N6O6S. The summed E-state index contributed by atoms with van der Waals surface area (Å²) in [5.41, 5.74) is 0.635. The minimum Gasteiger partial charge on any atom is -0.507 e. The normalized spacial score (nSPS) is 10.9. The highest BCUT2D eigenvalue weighted by Gasteiger charge is 2.09. The fraction of sp³-hybridized carbons (Fsp3) is 0.235. The molecule has 12 nitrogen and oxygen atoms in total. The zero-order valence-corrected chi connectivity index (χ0v) is 16.4. The molecule has 1 aromatic heterocycles. The van der Waals surface area contributed by atoms with Crippen LogP contribution in [-0.2, 0) is 9.37 Å². The highest BCUT2D eigenvalue weighted by Crippen LogP contribution is 2.33. The van der Waals surface area contributed by atoms with Crippen LogP contribution in [0.3, 0.4) is 0 Å². The smallest absolute Gasteiger partial charge is 0.233 e. The van der Waals surface area contributed by atoms with Gasteiger partial charge in [0.25, 0.3) is 0 Å². The van der Waals surface area contributed by atoms with Crippen molar-refractivity contribution in [3.05, 3.63) is 30.3 Å². The van der Waals surface area contributed by atoms with Crippen molar-refractivity contribution in [2.24, 2.45) is 0 Å². The van der Waals surface area contributed by atoms with Gasteiger partial charge in [-0.25, -0.2) is 5.26 Å². The van der Waals surface area contributed by atoms with Gasteiger partial charge in [0.1, 0.15) is 5.75 Å². The molecule has 3 aromatic rings. The number of benzene rings is 2. The van der Waals surface area contributed by atoms with Crippen molar-refractivity contribution in [2.75, 3.05) is 42.3 Å². The summed E-state index contributed by atoms with van der Waals surface area (Å²) < 4.78 is 4.41. The van der Waals surface area contributed by atoms with Gasteiger partial charge >= 0.3 is 0 Å². The third-order valence-electron chi connectivity index (χ3n) is 3.75. The molecular weight excluding hydrogens is 416 g/mol. The Bertz CT molecular complexity index is 968. The first-order valence-electron chi connectivity index (χ1n) is 8.77.